The van der Waals surface area contributed by atoms with Crippen molar-refractivity contribution in [2.45, 2.75) is 38.0 Å². The molecular formula is C18H30O6S. The van der Waals surface area contributed by atoms with Crippen LogP contribution in [0.3, 0.4) is 0 Å². The van der Waals surface area contributed by atoms with Gasteiger partial charge in [0.2, 0.25) is 0 Å². The number of ether oxygens (including phenoxy) is 3. The van der Waals surface area contributed by atoms with Crippen LogP contribution in [0.2, 0.25) is 0 Å². The third-order valence-electron chi connectivity index (χ3n) is 3.41. The highest BCUT2D eigenvalue weighted by Gasteiger charge is 2.14. The molecule has 144 valence electrons. The Morgan fingerprint density at radius 2 is 1.28 bits per heavy atom. The first-order valence-electron chi connectivity index (χ1n) is 8.75. The van der Waals surface area contributed by atoms with Gasteiger partial charge in [-0.05, 0) is 25.5 Å². The van der Waals surface area contributed by atoms with Crippen LogP contribution in [0.5, 0.6) is 0 Å². The van der Waals surface area contributed by atoms with E-state index in [1.807, 2.05) is 6.92 Å². The average molecular weight is 374 g/mol. The lowest BCUT2D eigenvalue weighted by molar-refractivity contribution is 0.00916. The molecule has 0 aliphatic heterocycles. The first-order chi connectivity index (χ1) is 12.1. The van der Waals surface area contributed by atoms with Crippen molar-refractivity contribution in [1.82, 2.24) is 0 Å². The van der Waals surface area contributed by atoms with Crippen LogP contribution in [0.25, 0.3) is 0 Å². The van der Waals surface area contributed by atoms with Gasteiger partial charge in [0.25, 0.3) is 10.1 Å². The van der Waals surface area contributed by atoms with Crippen LogP contribution in [-0.2, 0) is 28.5 Å². The molecule has 0 aliphatic rings. The van der Waals surface area contributed by atoms with Gasteiger partial charge in [-0.2, -0.15) is 8.42 Å². The molecule has 0 spiro atoms. The second-order valence-corrected chi connectivity index (χ2v) is 7.25. The number of hydrogen-bond donors (Lipinski definition) is 0. The van der Waals surface area contributed by atoms with Crippen molar-refractivity contribution in [1.29, 1.82) is 0 Å². The zero-order valence-electron chi connectivity index (χ0n) is 15.2. The van der Waals surface area contributed by atoms with Crippen molar-refractivity contribution in [2.24, 2.45) is 0 Å². The Hall–Kier alpha value is -0.990. The first-order valence-corrected chi connectivity index (χ1v) is 10.2. The lowest BCUT2D eigenvalue weighted by atomic mass is 10.2. The molecule has 25 heavy (non-hydrogen) atoms. The minimum atomic E-state index is -3.72. The maximum atomic E-state index is 11.9. The summed E-state index contributed by atoms with van der Waals surface area (Å²) < 4.78 is 44.9. The second kappa shape index (κ2) is 13.2. The largest absolute Gasteiger partial charge is 0.379 e. The van der Waals surface area contributed by atoms with Crippen molar-refractivity contribution in [2.75, 3.05) is 46.2 Å². The fourth-order valence-electron chi connectivity index (χ4n) is 1.97. The molecule has 7 heteroatoms. The number of hydrogen-bond acceptors (Lipinski definition) is 6. The van der Waals surface area contributed by atoms with E-state index in [9.17, 15) is 8.42 Å². The van der Waals surface area contributed by atoms with Crippen molar-refractivity contribution in [3.05, 3.63) is 29.8 Å². The summed E-state index contributed by atoms with van der Waals surface area (Å²) in [7, 11) is -3.72. The highest BCUT2D eigenvalue weighted by molar-refractivity contribution is 7.86. The Bertz CT molecular complexity index is 541. The van der Waals surface area contributed by atoms with E-state index in [-0.39, 0.29) is 18.1 Å². The minimum Gasteiger partial charge on any atom is -0.379 e. The Balaban J connectivity index is 1.97. The lowest BCUT2D eigenvalue weighted by Crippen LogP contribution is -2.14. The molecule has 1 aromatic rings. The summed E-state index contributed by atoms with van der Waals surface area (Å²) in [5.41, 5.74) is 0.994. The normalized spacial score (nSPS) is 11.8. The zero-order valence-corrected chi connectivity index (χ0v) is 16.1. The summed E-state index contributed by atoms with van der Waals surface area (Å²) in [4.78, 5) is 0.153. The molecule has 0 heterocycles. The Morgan fingerprint density at radius 1 is 0.760 bits per heavy atom. The van der Waals surface area contributed by atoms with Crippen LogP contribution in [0.1, 0.15) is 31.7 Å². The SMILES string of the molecule is CCCCCOCCOCCOCCOS(=O)(=O)c1ccc(C)cc1. The molecule has 0 bridgehead atoms. The first kappa shape index (κ1) is 22.1. The minimum absolute atomic E-state index is 0.0171. The molecule has 0 aliphatic carbocycles. The van der Waals surface area contributed by atoms with Crippen LogP contribution in [0, 0.1) is 6.92 Å². The summed E-state index contributed by atoms with van der Waals surface area (Å²) in [5.74, 6) is 0. The molecule has 0 aromatic heterocycles. The van der Waals surface area contributed by atoms with Gasteiger partial charge in [-0.15, -0.1) is 0 Å². The molecular weight excluding hydrogens is 344 g/mol. The van der Waals surface area contributed by atoms with E-state index in [2.05, 4.69) is 6.92 Å². The van der Waals surface area contributed by atoms with E-state index < -0.39 is 10.1 Å². The number of aryl methyl sites for hydroxylation is 1. The van der Waals surface area contributed by atoms with Gasteiger partial charge >= 0.3 is 0 Å². The summed E-state index contributed by atoms with van der Waals surface area (Å²) in [5, 5.41) is 0. The molecule has 1 rings (SSSR count). The van der Waals surface area contributed by atoms with E-state index >= 15 is 0 Å². The topological polar surface area (TPSA) is 71.1 Å². The van der Waals surface area contributed by atoms with Crippen LogP contribution in [0.15, 0.2) is 29.2 Å². The van der Waals surface area contributed by atoms with Gasteiger partial charge in [0.1, 0.15) is 0 Å². The summed E-state index contributed by atoms with van der Waals surface area (Å²) in [6.07, 6.45) is 3.47. The van der Waals surface area contributed by atoms with Gasteiger partial charge in [0, 0.05) is 6.61 Å². The zero-order chi connectivity index (χ0) is 18.4. The van der Waals surface area contributed by atoms with Crippen LogP contribution >= 0.6 is 0 Å². The molecule has 0 unspecified atom stereocenters. The molecule has 0 saturated heterocycles. The summed E-state index contributed by atoms with van der Waals surface area (Å²) >= 11 is 0. The Labute approximate surface area is 151 Å². The summed E-state index contributed by atoms with van der Waals surface area (Å²) in [6, 6.07) is 6.53. The summed E-state index contributed by atoms with van der Waals surface area (Å²) in [6.45, 7) is 6.97. The van der Waals surface area contributed by atoms with Crippen LogP contribution in [0.4, 0.5) is 0 Å². The van der Waals surface area contributed by atoms with E-state index in [0.29, 0.717) is 26.4 Å². The fraction of sp³-hybridized carbons (Fsp3) is 0.667. The predicted molar refractivity (Wildman–Crippen MR) is 96.3 cm³/mol. The molecule has 1 aromatic carbocycles. The van der Waals surface area contributed by atoms with E-state index in [0.717, 1.165) is 18.6 Å². The van der Waals surface area contributed by atoms with Gasteiger partial charge in [-0.1, -0.05) is 37.5 Å². The van der Waals surface area contributed by atoms with Gasteiger partial charge in [-0.3, -0.25) is 4.18 Å². The highest BCUT2D eigenvalue weighted by Crippen LogP contribution is 2.12. The molecule has 0 atom stereocenters. The molecule has 0 N–H and O–H groups in total. The molecule has 6 nitrogen and oxygen atoms in total. The van der Waals surface area contributed by atoms with Crippen LogP contribution in [-0.4, -0.2) is 54.7 Å². The van der Waals surface area contributed by atoms with Gasteiger partial charge in [0.05, 0.1) is 44.5 Å². The Morgan fingerprint density at radius 3 is 1.84 bits per heavy atom. The third-order valence-corrected chi connectivity index (χ3v) is 4.74. The number of benzene rings is 1. The third kappa shape index (κ3) is 10.6. The van der Waals surface area contributed by atoms with E-state index in [4.69, 9.17) is 18.4 Å². The van der Waals surface area contributed by atoms with Gasteiger partial charge in [0.15, 0.2) is 0 Å². The van der Waals surface area contributed by atoms with E-state index in [1.54, 1.807) is 12.1 Å². The van der Waals surface area contributed by atoms with Crippen molar-refractivity contribution in [3.63, 3.8) is 0 Å². The van der Waals surface area contributed by atoms with Gasteiger partial charge < -0.3 is 14.2 Å². The lowest BCUT2D eigenvalue weighted by Gasteiger charge is -2.08. The predicted octanol–water partition coefficient (Wildman–Crippen LogP) is 2.94. The Kier molecular flexibility index (Phi) is 11.7. The fourth-order valence-corrected chi connectivity index (χ4v) is 2.86. The number of rotatable bonds is 15. The smallest absolute Gasteiger partial charge is 0.297 e. The van der Waals surface area contributed by atoms with E-state index in [1.165, 1.54) is 25.0 Å². The maximum Gasteiger partial charge on any atom is 0.297 e. The molecule has 0 saturated carbocycles. The molecule has 0 fully saturated rings. The van der Waals surface area contributed by atoms with Crippen molar-refractivity contribution >= 4 is 10.1 Å². The van der Waals surface area contributed by atoms with Crippen molar-refractivity contribution < 1.29 is 26.8 Å². The monoisotopic (exact) mass is 374 g/mol. The quantitative estimate of drug-likeness (QED) is 0.347. The van der Waals surface area contributed by atoms with Gasteiger partial charge in [-0.25, -0.2) is 0 Å². The maximum absolute atomic E-state index is 11.9. The second-order valence-electron chi connectivity index (χ2n) is 5.63. The standard InChI is InChI=1S/C18H30O6S/c1-3-4-5-10-21-11-12-22-13-14-23-15-16-24-25(19,20)18-8-6-17(2)7-9-18/h6-9H,3-5,10-16H2,1-2H3. The average Bonchev–Trinajstić information content (AvgIpc) is 2.59. The molecule has 0 amide bonds. The molecule has 0 radical (unpaired) electrons. The van der Waals surface area contributed by atoms with Crippen molar-refractivity contribution in [3.8, 4) is 0 Å². The highest BCUT2D eigenvalue weighted by atomic mass is 32.2. The number of unbranched alkanes of at least 4 members (excludes halogenated alkanes) is 2. The van der Waals surface area contributed by atoms with Crippen LogP contribution < -0.4 is 0 Å².